The number of halogens is 1. The summed E-state index contributed by atoms with van der Waals surface area (Å²) >= 11 is 0. The van der Waals surface area contributed by atoms with Crippen molar-refractivity contribution in [2.75, 3.05) is 13.1 Å². The Morgan fingerprint density at radius 2 is 1.88 bits per heavy atom. The van der Waals surface area contributed by atoms with Crippen molar-refractivity contribution in [3.63, 3.8) is 0 Å². The Balaban J connectivity index is 0.00000256. The fourth-order valence-corrected chi connectivity index (χ4v) is 1.57. The van der Waals surface area contributed by atoms with Crippen molar-refractivity contribution < 1.29 is 19.4 Å². The molecule has 17 heavy (non-hydrogen) atoms. The fourth-order valence-electron chi connectivity index (χ4n) is 1.57. The Morgan fingerprint density at radius 1 is 1.35 bits per heavy atom. The second-order valence-corrected chi connectivity index (χ2v) is 4.99. The monoisotopic (exact) mass is 266 g/mol. The first kappa shape index (κ1) is 16.0. The first-order valence-electron chi connectivity index (χ1n) is 5.17. The Morgan fingerprint density at radius 3 is 2.24 bits per heavy atom. The third-order valence-corrected chi connectivity index (χ3v) is 2.33. The van der Waals surface area contributed by atoms with Crippen LogP contribution in [0.3, 0.4) is 0 Å². The lowest BCUT2D eigenvalue weighted by Crippen LogP contribution is -2.36. The molecule has 0 bridgehead atoms. The summed E-state index contributed by atoms with van der Waals surface area (Å²) in [5.74, 6) is -1.67. The minimum Gasteiger partial charge on any atom is -0.481 e. The molecule has 0 aliphatic carbocycles. The summed E-state index contributed by atoms with van der Waals surface area (Å²) in [7, 11) is 0. The molecule has 0 aromatic heterocycles. The molecule has 3 N–H and O–H groups in total. The summed E-state index contributed by atoms with van der Waals surface area (Å²) in [6, 6.07) is -0.523. The van der Waals surface area contributed by atoms with Gasteiger partial charge in [0.25, 0.3) is 0 Å². The van der Waals surface area contributed by atoms with Crippen molar-refractivity contribution in [3.05, 3.63) is 0 Å². The van der Waals surface area contributed by atoms with E-state index in [9.17, 15) is 9.59 Å². The van der Waals surface area contributed by atoms with Gasteiger partial charge in [-0.25, -0.2) is 4.79 Å². The molecule has 0 saturated carbocycles. The van der Waals surface area contributed by atoms with E-state index in [-0.39, 0.29) is 25.5 Å². The molecular weight excluding hydrogens is 248 g/mol. The summed E-state index contributed by atoms with van der Waals surface area (Å²) in [5, 5.41) is 8.86. The fraction of sp³-hybridized carbons (Fsp3) is 0.800. The summed E-state index contributed by atoms with van der Waals surface area (Å²) in [4.78, 5) is 23.8. The highest BCUT2D eigenvalue weighted by molar-refractivity contribution is 5.85. The van der Waals surface area contributed by atoms with Crippen LogP contribution in [0.5, 0.6) is 0 Å². The third kappa shape index (κ3) is 4.40. The van der Waals surface area contributed by atoms with E-state index in [0.717, 1.165) is 0 Å². The van der Waals surface area contributed by atoms with Crippen LogP contribution in [-0.2, 0) is 9.53 Å². The van der Waals surface area contributed by atoms with Gasteiger partial charge in [0.05, 0.1) is 5.92 Å². The third-order valence-electron chi connectivity index (χ3n) is 2.33. The SMILES string of the molecule is CC(C)(C)OC(=O)N1C[C@@H](N)[C@H](C(=O)O)C1.Cl. The molecule has 1 aliphatic heterocycles. The van der Waals surface area contributed by atoms with Crippen molar-refractivity contribution >= 4 is 24.5 Å². The molecule has 7 heteroatoms. The number of hydrogen-bond donors (Lipinski definition) is 2. The number of carboxylic acid groups (broad SMARTS) is 1. The van der Waals surface area contributed by atoms with E-state index in [1.165, 1.54) is 4.90 Å². The van der Waals surface area contributed by atoms with Crippen LogP contribution >= 0.6 is 12.4 Å². The van der Waals surface area contributed by atoms with Crippen LogP contribution in [0.25, 0.3) is 0 Å². The smallest absolute Gasteiger partial charge is 0.410 e. The first-order chi connectivity index (χ1) is 7.20. The number of rotatable bonds is 1. The van der Waals surface area contributed by atoms with Gasteiger partial charge in [-0.2, -0.15) is 0 Å². The predicted octanol–water partition coefficient (Wildman–Crippen LogP) is 0.687. The predicted molar refractivity (Wildman–Crippen MR) is 64.2 cm³/mol. The molecule has 0 spiro atoms. The molecule has 1 aliphatic rings. The molecule has 1 heterocycles. The van der Waals surface area contributed by atoms with Gasteiger partial charge < -0.3 is 20.5 Å². The van der Waals surface area contributed by atoms with Crippen molar-refractivity contribution in [2.45, 2.75) is 32.4 Å². The topological polar surface area (TPSA) is 92.9 Å². The number of carbonyl (C=O) groups is 2. The molecule has 1 fully saturated rings. The molecule has 1 amide bonds. The van der Waals surface area contributed by atoms with Gasteiger partial charge in [0.15, 0.2) is 0 Å². The van der Waals surface area contributed by atoms with Crippen LogP contribution in [0.2, 0.25) is 0 Å². The van der Waals surface area contributed by atoms with Crippen LogP contribution in [0, 0.1) is 5.92 Å². The van der Waals surface area contributed by atoms with Gasteiger partial charge in [-0.1, -0.05) is 0 Å². The highest BCUT2D eigenvalue weighted by atomic mass is 35.5. The van der Waals surface area contributed by atoms with Crippen molar-refractivity contribution in [3.8, 4) is 0 Å². The number of aliphatic carboxylic acids is 1. The van der Waals surface area contributed by atoms with Crippen LogP contribution in [0.4, 0.5) is 4.79 Å². The Labute approximate surface area is 107 Å². The minimum absolute atomic E-state index is 0. The lowest BCUT2D eigenvalue weighted by molar-refractivity contribution is -0.141. The summed E-state index contributed by atoms with van der Waals surface area (Å²) in [5.41, 5.74) is 5.06. The second-order valence-electron chi connectivity index (χ2n) is 4.99. The van der Waals surface area contributed by atoms with Gasteiger partial charge in [0, 0.05) is 19.1 Å². The molecule has 6 nitrogen and oxygen atoms in total. The van der Waals surface area contributed by atoms with Crippen LogP contribution in [0.15, 0.2) is 0 Å². The average Bonchev–Trinajstić information content (AvgIpc) is 2.44. The second kappa shape index (κ2) is 5.55. The molecule has 1 rings (SSSR count). The largest absolute Gasteiger partial charge is 0.481 e. The van der Waals surface area contributed by atoms with E-state index in [2.05, 4.69) is 0 Å². The summed E-state index contributed by atoms with van der Waals surface area (Å²) in [6.07, 6.45) is -0.508. The van der Waals surface area contributed by atoms with Crippen LogP contribution < -0.4 is 5.73 Å². The van der Waals surface area contributed by atoms with Gasteiger partial charge >= 0.3 is 12.1 Å². The zero-order valence-electron chi connectivity index (χ0n) is 10.2. The van der Waals surface area contributed by atoms with Crippen molar-refractivity contribution in [1.29, 1.82) is 0 Å². The molecule has 0 radical (unpaired) electrons. The van der Waals surface area contributed by atoms with Crippen LogP contribution in [-0.4, -0.2) is 46.8 Å². The maximum Gasteiger partial charge on any atom is 0.410 e. The normalized spacial score (nSPS) is 24.1. The maximum atomic E-state index is 11.6. The lowest BCUT2D eigenvalue weighted by Gasteiger charge is -2.24. The van der Waals surface area contributed by atoms with Gasteiger partial charge in [0.1, 0.15) is 5.60 Å². The number of nitrogens with two attached hydrogens (primary N) is 1. The molecule has 0 aromatic carbocycles. The van der Waals surface area contributed by atoms with Gasteiger partial charge in [-0.3, -0.25) is 4.79 Å². The number of carboxylic acids is 1. The number of nitrogens with zero attached hydrogens (tertiary/aromatic N) is 1. The number of likely N-dealkylation sites (tertiary alicyclic amines) is 1. The Hall–Kier alpha value is -1.01. The number of hydrogen-bond acceptors (Lipinski definition) is 4. The molecular formula is C10H19ClN2O4. The average molecular weight is 267 g/mol. The molecule has 0 aromatic rings. The lowest BCUT2D eigenvalue weighted by atomic mass is 10.1. The first-order valence-corrected chi connectivity index (χ1v) is 5.17. The van der Waals surface area contributed by atoms with E-state index >= 15 is 0 Å². The van der Waals surface area contributed by atoms with Crippen LogP contribution in [0.1, 0.15) is 20.8 Å². The molecule has 100 valence electrons. The van der Waals surface area contributed by atoms with E-state index in [4.69, 9.17) is 15.6 Å². The zero-order chi connectivity index (χ0) is 12.5. The highest BCUT2D eigenvalue weighted by Gasteiger charge is 2.39. The summed E-state index contributed by atoms with van der Waals surface area (Å²) < 4.78 is 5.14. The molecule has 2 atom stereocenters. The van der Waals surface area contributed by atoms with Crippen molar-refractivity contribution in [1.82, 2.24) is 4.90 Å². The molecule has 1 saturated heterocycles. The highest BCUT2D eigenvalue weighted by Crippen LogP contribution is 2.18. The van der Waals surface area contributed by atoms with Gasteiger partial charge in [0.2, 0.25) is 0 Å². The van der Waals surface area contributed by atoms with Crippen molar-refractivity contribution in [2.24, 2.45) is 11.7 Å². The Kier molecular flexibility index (Phi) is 5.22. The van der Waals surface area contributed by atoms with E-state index < -0.39 is 29.6 Å². The quantitative estimate of drug-likeness (QED) is 0.728. The van der Waals surface area contributed by atoms with E-state index in [1.54, 1.807) is 20.8 Å². The number of ether oxygens (including phenoxy) is 1. The number of amides is 1. The Bertz CT molecular complexity index is 303. The standard InChI is InChI=1S/C10H18N2O4.ClH/c1-10(2,3)16-9(15)12-4-6(8(13)14)7(11)5-12;/h6-7H,4-5,11H2,1-3H3,(H,13,14);1H/t6-,7-;/m1./s1. The van der Waals surface area contributed by atoms with Gasteiger partial charge in [-0.15, -0.1) is 12.4 Å². The maximum absolute atomic E-state index is 11.6. The number of carbonyl (C=O) groups excluding carboxylic acids is 1. The molecule has 0 unspecified atom stereocenters. The van der Waals surface area contributed by atoms with Gasteiger partial charge in [-0.05, 0) is 20.8 Å². The minimum atomic E-state index is -0.974. The zero-order valence-corrected chi connectivity index (χ0v) is 11.0. The van der Waals surface area contributed by atoms with E-state index in [1.807, 2.05) is 0 Å². The van der Waals surface area contributed by atoms with E-state index in [0.29, 0.717) is 0 Å². The summed E-state index contributed by atoms with van der Waals surface area (Å²) in [6.45, 7) is 5.62.